The Kier molecular flexibility index (Phi) is 5.21. The molecule has 2 aromatic rings. The maximum absolute atomic E-state index is 10.3. The van der Waals surface area contributed by atoms with Crippen LogP contribution in [0.25, 0.3) is 0 Å². The fraction of sp³-hybridized carbons (Fsp3) is 0.471. The molecule has 5 heteroatoms. The van der Waals surface area contributed by atoms with Gasteiger partial charge in [0.1, 0.15) is 5.75 Å². The lowest BCUT2D eigenvalue weighted by Crippen LogP contribution is -2.23. The lowest BCUT2D eigenvalue weighted by molar-refractivity contribution is 0.170. The first-order valence-corrected chi connectivity index (χ1v) is 7.47. The Morgan fingerprint density at radius 2 is 2.05 bits per heavy atom. The summed E-state index contributed by atoms with van der Waals surface area (Å²) in [5.41, 5.74) is 1.87. The maximum atomic E-state index is 10.3. The zero-order valence-corrected chi connectivity index (χ0v) is 13.7. The van der Waals surface area contributed by atoms with Gasteiger partial charge in [-0.1, -0.05) is 18.2 Å². The molecule has 120 valence electrons. The molecular weight excluding hydrogens is 278 g/mol. The van der Waals surface area contributed by atoms with Crippen LogP contribution in [0.2, 0.25) is 0 Å². The minimum atomic E-state index is -0.603. The van der Waals surface area contributed by atoms with Crippen LogP contribution in [-0.4, -0.2) is 28.5 Å². The van der Waals surface area contributed by atoms with E-state index in [2.05, 4.69) is 31.2 Å². The number of nitrogens with zero attached hydrogens (tertiary/aromatic N) is 2. The van der Waals surface area contributed by atoms with Crippen molar-refractivity contribution in [3.05, 3.63) is 47.8 Å². The van der Waals surface area contributed by atoms with Crippen molar-refractivity contribution >= 4 is 0 Å². The minimum Gasteiger partial charge on any atom is -0.496 e. The van der Waals surface area contributed by atoms with Crippen molar-refractivity contribution in [2.24, 2.45) is 0 Å². The van der Waals surface area contributed by atoms with E-state index in [9.17, 15) is 5.11 Å². The third kappa shape index (κ3) is 4.08. The van der Waals surface area contributed by atoms with Crippen molar-refractivity contribution in [1.82, 2.24) is 15.1 Å². The Balaban J connectivity index is 1.89. The molecular formula is C17H25N3O2. The van der Waals surface area contributed by atoms with E-state index in [4.69, 9.17) is 4.74 Å². The van der Waals surface area contributed by atoms with Crippen LogP contribution in [0.3, 0.4) is 0 Å². The summed E-state index contributed by atoms with van der Waals surface area (Å²) in [6.07, 6.45) is 3.28. The topological polar surface area (TPSA) is 59.3 Å². The summed E-state index contributed by atoms with van der Waals surface area (Å²) < 4.78 is 7.22. The van der Waals surface area contributed by atoms with Gasteiger partial charge in [0.2, 0.25) is 0 Å². The number of benzene rings is 1. The molecule has 0 aliphatic rings. The molecule has 1 heterocycles. The molecule has 5 nitrogen and oxygen atoms in total. The van der Waals surface area contributed by atoms with E-state index in [-0.39, 0.29) is 5.54 Å². The van der Waals surface area contributed by atoms with Crippen molar-refractivity contribution < 1.29 is 9.84 Å². The molecule has 0 saturated heterocycles. The second-order valence-electron chi connectivity index (χ2n) is 6.35. The fourth-order valence-corrected chi connectivity index (χ4v) is 2.22. The molecule has 0 fully saturated rings. The number of hydrogen-bond acceptors (Lipinski definition) is 4. The molecule has 1 atom stereocenters. The highest BCUT2D eigenvalue weighted by Gasteiger charge is 2.15. The van der Waals surface area contributed by atoms with Gasteiger partial charge in [0.15, 0.2) is 0 Å². The van der Waals surface area contributed by atoms with E-state index in [0.29, 0.717) is 18.8 Å². The number of ether oxygens (including phenoxy) is 1. The Bertz CT molecular complexity index is 602. The van der Waals surface area contributed by atoms with E-state index in [0.717, 1.165) is 11.1 Å². The lowest BCUT2D eigenvalue weighted by Gasteiger charge is -2.18. The van der Waals surface area contributed by atoms with Gasteiger partial charge in [0.05, 0.1) is 24.9 Å². The highest BCUT2D eigenvalue weighted by Crippen LogP contribution is 2.24. The van der Waals surface area contributed by atoms with Gasteiger partial charge < -0.3 is 15.2 Å². The SMILES string of the molecule is COc1ccccc1[C@@H](O)CNCc1cnn(C(C)(C)C)c1. The maximum Gasteiger partial charge on any atom is 0.124 e. The highest BCUT2D eigenvalue weighted by molar-refractivity contribution is 5.35. The van der Waals surface area contributed by atoms with Gasteiger partial charge in [-0.25, -0.2) is 0 Å². The Morgan fingerprint density at radius 3 is 2.68 bits per heavy atom. The molecule has 0 bridgehead atoms. The smallest absolute Gasteiger partial charge is 0.124 e. The second-order valence-corrected chi connectivity index (χ2v) is 6.35. The van der Waals surface area contributed by atoms with Crippen molar-refractivity contribution in [2.75, 3.05) is 13.7 Å². The summed E-state index contributed by atoms with van der Waals surface area (Å²) in [6, 6.07) is 7.52. The van der Waals surface area contributed by atoms with Gasteiger partial charge in [-0.15, -0.1) is 0 Å². The fourth-order valence-electron chi connectivity index (χ4n) is 2.22. The van der Waals surface area contributed by atoms with Crippen LogP contribution < -0.4 is 10.1 Å². The lowest BCUT2D eigenvalue weighted by atomic mass is 10.1. The van der Waals surface area contributed by atoms with Crippen LogP contribution in [0.4, 0.5) is 0 Å². The van der Waals surface area contributed by atoms with Crippen LogP contribution in [0, 0.1) is 0 Å². The molecule has 0 aliphatic heterocycles. The predicted octanol–water partition coefficient (Wildman–Crippen LogP) is 2.47. The molecule has 0 unspecified atom stereocenters. The molecule has 0 aliphatic carbocycles. The summed E-state index contributed by atoms with van der Waals surface area (Å²) in [6.45, 7) is 7.47. The van der Waals surface area contributed by atoms with Crippen LogP contribution in [0.5, 0.6) is 5.75 Å². The van der Waals surface area contributed by atoms with Crippen LogP contribution in [0.1, 0.15) is 38.0 Å². The average molecular weight is 303 g/mol. The predicted molar refractivity (Wildman–Crippen MR) is 86.9 cm³/mol. The molecule has 1 aromatic heterocycles. The number of aromatic nitrogens is 2. The summed E-state index contributed by atoms with van der Waals surface area (Å²) in [5.74, 6) is 0.706. The van der Waals surface area contributed by atoms with Gasteiger partial charge in [-0.2, -0.15) is 5.10 Å². The number of nitrogens with one attached hydrogen (secondary N) is 1. The molecule has 0 spiro atoms. The first kappa shape index (κ1) is 16.5. The standard InChI is InChI=1S/C17H25N3O2/c1-17(2,3)20-12-13(10-19-20)9-18-11-15(21)14-7-5-6-8-16(14)22-4/h5-8,10,12,15,18,21H,9,11H2,1-4H3/t15-/m0/s1. The number of hydrogen-bond donors (Lipinski definition) is 2. The minimum absolute atomic E-state index is 0.0187. The van der Waals surface area contributed by atoms with Crippen molar-refractivity contribution in [2.45, 2.75) is 39.0 Å². The molecule has 0 saturated carbocycles. The van der Waals surface area contributed by atoms with Crippen molar-refractivity contribution in [3.8, 4) is 5.75 Å². The number of rotatable bonds is 6. The van der Waals surface area contributed by atoms with E-state index >= 15 is 0 Å². The summed E-state index contributed by atoms with van der Waals surface area (Å²) in [4.78, 5) is 0. The number of aliphatic hydroxyl groups is 1. The molecule has 0 amide bonds. The summed E-state index contributed by atoms with van der Waals surface area (Å²) in [7, 11) is 1.61. The largest absolute Gasteiger partial charge is 0.496 e. The van der Waals surface area contributed by atoms with E-state index in [1.807, 2.05) is 41.3 Å². The number of methoxy groups -OCH3 is 1. The van der Waals surface area contributed by atoms with E-state index in [1.54, 1.807) is 7.11 Å². The molecule has 22 heavy (non-hydrogen) atoms. The van der Waals surface area contributed by atoms with Crippen LogP contribution in [-0.2, 0) is 12.1 Å². The second kappa shape index (κ2) is 6.94. The quantitative estimate of drug-likeness (QED) is 0.860. The van der Waals surface area contributed by atoms with Crippen molar-refractivity contribution in [1.29, 1.82) is 0 Å². The van der Waals surface area contributed by atoms with Crippen LogP contribution >= 0.6 is 0 Å². The number of aliphatic hydroxyl groups excluding tert-OH is 1. The molecule has 0 radical (unpaired) electrons. The first-order chi connectivity index (χ1) is 10.4. The Labute approximate surface area is 131 Å². The first-order valence-electron chi connectivity index (χ1n) is 7.47. The highest BCUT2D eigenvalue weighted by atomic mass is 16.5. The zero-order chi connectivity index (χ0) is 16.2. The van der Waals surface area contributed by atoms with Gasteiger partial charge in [0, 0.05) is 30.4 Å². The van der Waals surface area contributed by atoms with E-state index in [1.165, 1.54) is 0 Å². The zero-order valence-electron chi connectivity index (χ0n) is 13.7. The van der Waals surface area contributed by atoms with Gasteiger partial charge >= 0.3 is 0 Å². The van der Waals surface area contributed by atoms with E-state index < -0.39 is 6.10 Å². The third-order valence-corrected chi connectivity index (χ3v) is 3.49. The third-order valence-electron chi connectivity index (χ3n) is 3.49. The van der Waals surface area contributed by atoms with Gasteiger partial charge in [-0.3, -0.25) is 4.68 Å². The summed E-state index contributed by atoms with van der Waals surface area (Å²) >= 11 is 0. The molecule has 1 aromatic carbocycles. The molecule has 2 N–H and O–H groups in total. The number of para-hydroxylation sites is 1. The van der Waals surface area contributed by atoms with Crippen molar-refractivity contribution in [3.63, 3.8) is 0 Å². The average Bonchev–Trinajstić information content (AvgIpc) is 2.96. The Morgan fingerprint density at radius 1 is 1.32 bits per heavy atom. The monoisotopic (exact) mass is 303 g/mol. The normalized spacial score (nSPS) is 13.1. The van der Waals surface area contributed by atoms with Crippen LogP contribution in [0.15, 0.2) is 36.7 Å². The Hall–Kier alpha value is -1.85. The summed E-state index contributed by atoms with van der Waals surface area (Å²) in [5, 5.41) is 17.9. The van der Waals surface area contributed by atoms with Gasteiger partial charge in [-0.05, 0) is 26.8 Å². The molecule has 2 rings (SSSR count). The van der Waals surface area contributed by atoms with Gasteiger partial charge in [0.25, 0.3) is 0 Å².